The molecule has 0 radical (unpaired) electrons. The summed E-state index contributed by atoms with van der Waals surface area (Å²) in [5.74, 6) is -0.184. The minimum Gasteiger partial charge on any atom is -0.395 e. The van der Waals surface area contributed by atoms with Gasteiger partial charge in [-0.05, 0) is 24.1 Å². The molecule has 116 valence electrons. The number of nitrogens with one attached hydrogen (secondary N) is 1. The fourth-order valence-electron chi connectivity index (χ4n) is 2.28. The molecule has 1 aliphatic rings. The van der Waals surface area contributed by atoms with Crippen molar-refractivity contribution in [2.24, 2.45) is 0 Å². The van der Waals surface area contributed by atoms with E-state index in [1.54, 1.807) is 0 Å². The first-order valence-corrected chi connectivity index (χ1v) is 8.45. The van der Waals surface area contributed by atoms with Crippen LogP contribution in [0.15, 0.2) is 17.0 Å². The zero-order chi connectivity index (χ0) is 15.6. The molecule has 1 aromatic carbocycles. The number of carbonyl (C=O) groups is 1. The van der Waals surface area contributed by atoms with Gasteiger partial charge in [0.1, 0.15) is 4.90 Å². The van der Waals surface area contributed by atoms with E-state index in [0.717, 1.165) is 0 Å². The highest BCUT2D eigenvalue weighted by Crippen LogP contribution is 2.33. The molecule has 1 aliphatic heterocycles. The molecule has 0 unspecified atom stereocenters. The number of sulfonamides is 1. The van der Waals surface area contributed by atoms with E-state index in [0.29, 0.717) is 24.2 Å². The van der Waals surface area contributed by atoms with Crippen LogP contribution in [0.4, 0.5) is 5.69 Å². The lowest BCUT2D eigenvalue weighted by Gasteiger charge is -2.21. The molecular weight excluding hydrogens is 316 g/mol. The van der Waals surface area contributed by atoms with E-state index in [1.165, 1.54) is 16.4 Å². The van der Waals surface area contributed by atoms with Crippen LogP contribution in [0.1, 0.15) is 18.9 Å². The zero-order valence-corrected chi connectivity index (χ0v) is 13.2. The van der Waals surface area contributed by atoms with Crippen LogP contribution in [-0.4, -0.2) is 43.4 Å². The Kier molecular flexibility index (Phi) is 4.88. The van der Waals surface area contributed by atoms with Crippen LogP contribution in [0.25, 0.3) is 0 Å². The first-order valence-electron chi connectivity index (χ1n) is 6.63. The van der Waals surface area contributed by atoms with Gasteiger partial charge < -0.3 is 10.4 Å². The van der Waals surface area contributed by atoms with Gasteiger partial charge >= 0.3 is 0 Å². The van der Waals surface area contributed by atoms with E-state index in [-0.39, 0.29) is 35.4 Å². The minimum absolute atomic E-state index is 0.0147. The van der Waals surface area contributed by atoms with E-state index in [2.05, 4.69) is 5.32 Å². The van der Waals surface area contributed by atoms with Crippen molar-refractivity contribution in [3.63, 3.8) is 0 Å². The lowest BCUT2D eigenvalue weighted by atomic mass is 10.2. The van der Waals surface area contributed by atoms with E-state index in [1.807, 2.05) is 6.92 Å². The number of rotatable bonds is 6. The van der Waals surface area contributed by atoms with Crippen molar-refractivity contribution in [1.29, 1.82) is 0 Å². The van der Waals surface area contributed by atoms with Crippen molar-refractivity contribution in [1.82, 2.24) is 4.31 Å². The summed E-state index contributed by atoms with van der Waals surface area (Å²) < 4.78 is 26.5. The second-order valence-corrected chi connectivity index (χ2v) is 7.11. The Hall–Kier alpha value is -1.15. The lowest BCUT2D eigenvalue weighted by Crippen LogP contribution is -2.34. The molecule has 0 saturated carbocycles. The number of benzene rings is 1. The summed E-state index contributed by atoms with van der Waals surface area (Å²) in [5.41, 5.74) is 1.16. The fourth-order valence-corrected chi connectivity index (χ4v) is 4.35. The predicted octanol–water partition coefficient (Wildman–Crippen LogP) is 1.23. The summed E-state index contributed by atoms with van der Waals surface area (Å²) in [6.07, 6.45) is 0.768. The molecule has 2 rings (SSSR count). The monoisotopic (exact) mass is 332 g/mol. The molecule has 8 heteroatoms. The van der Waals surface area contributed by atoms with E-state index < -0.39 is 10.0 Å². The second kappa shape index (κ2) is 6.31. The standard InChI is InChI=1S/C13H17ClN2O4S/c1-2-3-16(4-5-17)21(19,20)12-6-9-7-13(18)15-11(9)8-10(12)14/h6,8,17H,2-5,7H2,1H3,(H,15,18). The highest BCUT2D eigenvalue weighted by Gasteiger charge is 2.29. The van der Waals surface area contributed by atoms with Crippen molar-refractivity contribution in [2.75, 3.05) is 25.0 Å². The van der Waals surface area contributed by atoms with Gasteiger partial charge in [0.05, 0.1) is 18.1 Å². The number of aliphatic hydroxyl groups excluding tert-OH is 1. The number of hydrogen-bond donors (Lipinski definition) is 2. The van der Waals surface area contributed by atoms with Gasteiger partial charge in [0.25, 0.3) is 0 Å². The fraction of sp³-hybridized carbons (Fsp3) is 0.462. The topological polar surface area (TPSA) is 86.7 Å². The Morgan fingerprint density at radius 2 is 2.10 bits per heavy atom. The molecule has 0 atom stereocenters. The maximum absolute atomic E-state index is 12.6. The van der Waals surface area contributed by atoms with Crippen molar-refractivity contribution in [3.05, 3.63) is 22.7 Å². The number of halogens is 1. The summed E-state index contributed by atoms with van der Waals surface area (Å²) in [6, 6.07) is 2.89. The highest BCUT2D eigenvalue weighted by molar-refractivity contribution is 7.89. The van der Waals surface area contributed by atoms with Crippen molar-refractivity contribution in [2.45, 2.75) is 24.7 Å². The number of carbonyl (C=O) groups excluding carboxylic acids is 1. The predicted molar refractivity (Wildman–Crippen MR) is 79.9 cm³/mol. The quantitative estimate of drug-likeness (QED) is 0.820. The average molecular weight is 333 g/mol. The molecule has 1 heterocycles. The summed E-state index contributed by atoms with van der Waals surface area (Å²) in [7, 11) is -3.79. The SMILES string of the molecule is CCCN(CCO)S(=O)(=O)c1cc2c(cc1Cl)NC(=O)C2. The molecule has 2 N–H and O–H groups in total. The van der Waals surface area contributed by atoms with E-state index in [9.17, 15) is 13.2 Å². The first-order chi connectivity index (χ1) is 9.90. The molecule has 0 saturated heterocycles. The third kappa shape index (κ3) is 3.21. The largest absolute Gasteiger partial charge is 0.395 e. The van der Waals surface area contributed by atoms with Crippen LogP contribution in [-0.2, 0) is 21.2 Å². The Balaban J connectivity index is 2.45. The van der Waals surface area contributed by atoms with Crippen LogP contribution < -0.4 is 5.32 Å². The van der Waals surface area contributed by atoms with Crippen molar-refractivity contribution < 1.29 is 18.3 Å². The second-order valence-electron chi connectivity index (χ2n) is 4.79. The first kappa shape index (κ1) is 16.2. The summed E-state index contributed by atoms with van der Waals surface area (Å²) in [6.45, 7) is 1.91. The van der Waals surface area contributed by atoms with Crippen molar-refractivity contribution >= 4 is 33.2 Å². The Morgan fingerprint density at radius 3 is 2.71 bits per heavy atom. The van der Waals surface area contributed by atoms with Crippen LogP contribution in [0.5, 0.6) is 0 Å². The van der Waals surface area contributed by atoms with Crippen LogP contribution >= 0.6 is 11.6 Å². The van der Waals surface area contributed by atoms with Gasteiger partial charge in [-0.25, -0.2) is 8.42 Å². The van der Waals surface area contributed by atoms with Crippen LogP contribution in [0.2, 0.25) is 5.02 Å². The van der Waals surface area contributed by atoms with Gasteiger partial charge in [-0.3, -0.25) is 4.79 Å². The maximum Gasteiger partial charge on any atom is 0.244 e. The zero-order valence-electron chi connectivity index (χ0n) is 11.6. The lowest BCUT2D eigenvalue weighted by molar-refractivity contribution is -0.115. The molecule has 21 heavy (non-hydrogen) atoms. The van der Waals surface area contributed by atoms with E-state index in [4.69, 9.17) is 16.7 Å². The summed E-state index contributed by atoms with van der Waals surface area (Å²) in [5, 5.41) is 11.7. The van der Waals surface area contributed by atoms with Crippen LogP contribution in [0.3, 0.4) is 0 Å². The van der Waals surface area contributed by atoms with Crippen molar-refractivity contribution in [3.8, 4) is 0 Å². The number of amides is 1. The number of hydrogen-bond acceptors (Lipinski definition) is 4. The molecular formula is C13H17ClN2O4S. The Bertz CT molecular complexity index is 654. The molecule has 1 aromatic rings. The summed E-state index contributed by atoms with van der Waals surface area (Å²) in [4.78, 5) is 11.3. The normalized spacial score (nSPS) is 14.4. The van der Waals surface area contributed by atoms with Gasteiger partial charge in [0.2, 0.25) is 15.9 Å². The third-order valence-electron chi connectivity index (χ3n) is 3.22. The number of nitrogens with zero attached hydrogens (tertiary/aromatic N) is 1. The Morgan fingerprint density at radius 1 is 1.38 bits per heavy atom. The van der Waals surface area contributed by atoms with Gasteiger partial charge in [0, 0.05) is 18.8 Å². The number of anilines is 1. The van der Waals surface area contributed by atoms with Gasteiger partial charge in [-0.1, -0.05) is 18.5 Å². The maximum atomic E-state index is 12.6. The van der Waals surface area contributed by atoms with Gasteiger partial charge in [-0.15, -0.1) is 0 Å². The van der Waals surface area contributed by atoms with E-state index >= 15 is 0 Å². The molecule has 0 aromatic heterocycles. The average Bonchev–Trinajstić information content (AvgIpc) is 2.76. The molecule has 0 spiro atoms. The van der Waals surface area contributed by atoms with Gasteiger partial charge in [-0.2, -0.15) is 4.31 Å². The number of aliphatic hydroxyl groups is 1. The van der Waals surface area contributed by atoms with Gasteiger partial charge in [0.15, 0.2) is 0 Å². The molecule has 6 nitrogen and oxygen atoms in total. The summed E-state index contributed by atoms with van der Waals surface area (Å²) >= 11 is 6.06. The Labute approximate surface area is 128 Å². The minimum atomic E-state index is -3.79. The number of fused-ring (bicyclic) bond motifs is 1. The molecule has 0 bridgehead atoms. The molecule has 0 aliphatic carbocycles. The third-order valence-corrected chi connectivity index (χ3v) is 5.59. The molecule has 0 fully saturated rings. The highest BCUT2D eigenvalue weighted by atomic mass is 35.5. The smallest absolute Gasteiger partial charge is 0.244 e. The molecule has 1 amide bonds. The van der Waals surface area contributed by atoms with Crippen LogP contribution in [0, 0.1) is 0 Å².